The third-order valence-electron chi connectivity index (χ3n) is 7.55. The summed E-state index contributed by atoms with van der Waals surface area (Å²) in [5.41, 5.74) is 5.04. The molecular formula is C32H28O2Zr. The van der Waals surface area contributed by atoms with Crippen LogP contribution >= 0.6 is 0 Å². The van der Waals surface area contributed by atoms with Crippen LogP contribution in [0.15, 0.2) is 121 Å². The Bertz CT molecular complexity index is 1390. The Hall–Kier alpha value is -3.29. The molecule has 0 saturated carbocycles. The molecule has 2 nitrogen and oxygen atoms in total. The number of benzene rings is 4. The summed E-state index contributed by atoms with van der Waals surface area (Å²) in [6, 6.07) is 37.7. The maximum absolute atomic E-state index is 7.45. The van der Waals surface area contributed by atoms with Gasteiger partial charge in [-0.1, -0.05) is 0 Å². The first kappa shape index (κ1) is 22.2. The van der Waals surface area contributed by atoms with Crippen molar-refractivity contribution in [2.45, 2.75) is 14.2 Å². The van der Waals surface area contributed by atoms with Crippen molar-refractivity contribution in [2.24, 2.45) is 0 Å². The summed E-state index contributed by atoms with van der Waals surface area (Å²) in [5, 5.41) is 0. The van der Waals surface area contributed by atoms with Crippen molar-refractivity contribution in [2.75, 3.05) is 0 Å². The van der Waals surface area contributed by atoms with E-state index in [4.69, 9.17) is 5.63 Å². The first-order chi connectivity index (χ1) is 17.2. The normalized spacial score (nSPS) is 18.1. The van der Waals surface area contributed by atoms with Crippen molar-refractivity contribution in [3.8, 4) is 11.5 Å². The topological polar surface area (TPSA) is 18.5 Å². The SMILES string of the molecule is C[CH]=[Zr]([O]c1ccccc1)([O]c1ccccc1)([CH]1C=Cc2ccccc21)[CH]1C=Cc2ccccc21. The van der Waals surface area contributed by atoms with Crippen LogP contribution in [0.5, 0.6) is 11.5 Å². The molecular weight excluding hydrogens is 508 g/mol. The van der Waals surface area contributed by atoms with E-state index in [9.17, 15) is 0 Å². The van der Waals surface area contributed by atoms with Gasteiger partial charge in [-0.2, -0.15) is 0 Å². The van der Waals surface area contributed by atoms with Gasteiger partial charge in [0.2, 0.25) is 0 Å². The van der Waals surface area contributed by atoms with E-state index in [1.807, 2.05) is 36.4 Å². The van der Waals surface area contributed by atoms with Crippen LogP contribution in [-0.2, 0) is 19.2 Å². The van der Waals surface area contributed by atoms with Crippen LogP contribution in [0.4, 0.5) is 0 Å². The Morgan fingerprint density at radius 1 is 0.543 bits per heavy atom. The van der Waals surface area contributed by atoms with E-state index in [0.717, 1.165) is 11.5 Å². The van der Waals surface area contributed by atoms with Crippen LogP contribution in [0.3, 0.4) is 0 Å². The number of rotatable bonds is 6. The molecule has 2 atom stereocenters. The molecule has 3 heteroatoms. The molecule has 2 unspecified atom stereocenters. The molecule has 0 saturated heterocycles. The van der Waals surface area contributed by atoms with Crippen LogP contribution in [-0.4, -0.2) is 3.71 Å². The monoisotopic (exact) mass is 534 g/mol. The molecule has 0 radical (unpaired) electrons. The Morgan fingerprint density at radius 3 is 1.37 bits per heavy atom. The molecule has 2 aliphatic carbocycles. The summed E-state index contributed by atoms with van der Waals surface area (Å²) in [7, 11) is 0. The molecule has 6 rings (SSSR count). The van der Waals surface area contributed by atoms with Crippen LogP contribution in [0.1, 0.15) is 36.4 Å². The van der Waals surface area contributed by atoms with Crippen molar-refractivity contribution >= 4 is 15.9 Å². The Labute approximate surface area is 209 Å². The van der Waals surface area contributed by atoms with Gasteiger partial charge in [-0.05, 0) is 0 Å². The second-order valence-electron chi connectivity index (χ2n) is 9.34. The van der Waals surface area contributed by atoms with Gasteiger partial charge in [0.1, 0.15) is 0 Å². The number of hydrogen-bond acceptors (Lipinski definition) is 2. The summed E-state index contributed by atoms with van der Waals surface area (Å²) in [4.78, 5) is 0. The van der Waals surface area contributed by atoms with Gasteiger partial charge in [0.05, 0.1) is 0 Å². The Balaban J connectivity index is 1.69. The van der Waals surface area contributed by atoms with Gasteiger partial charge in [-0.25, -0.2) is 0 Å². The van der Waals surface area contributed by atoms with E-state index in [0.29, 0.717) is 0 Å². The van der Waals surface area contributed by atoms with Crippen molar-refractivity contribution in [3.05, 3.63) is 144 Å². The molecule has 172 valence electrons. The number of allylic oxidation sites excluding steroid dienone is 2. The van der Waals surface area contributed by atoms with Gasteiger partial charge in [-0.15, -0.1) is 0 Å². The third-order valence-corrected chi connectivity index (χ3v) is 22.2. The zero-order valence-electron chi connectivity index (χ0n) is 19.8. The molecule has 4 aromatic rings. The van der Waals surface area contributed by atoms with Gasteiger partial charge in [0.25, 0.3) is 0 Å². The molecule has 0 aliphatic heterocycles. The van der Waals surface area contributed by atoms with Gasteiger partial charge < -0.3 is 0 Å². The quantitative estimate of drug-likeness (QED) is 0.249. The van der Waals surface area contributed by atoms with Crippen molar-refractivity contribution in [3.63, 3.8) is 0 Å². The van der Waals surface area contributed by atoms with E-state index in [1.165, 1.54) is 22.3 Å². The molecule has 0 N–H and O–H groups in total. The summed E-state index contributed by atoms with van der Waals surface area (Å²) in [6.07, 6.45) is 9.14. The number of fused-ring (bicyclic) bond motifs is 2. The van der Waals surface area contributed by atoms with E-state index < -0.39 is 19.2 Å². The molecule has 4 aromatic carbocycles. The summed E-state index contributed by atoms with van der Waals surface area (Å²) in [6.45, 7) is 2.15. The summed E-state index contributed by atoms with van der Waals surface area (Å²) >= 11 is -5.06. The van der Waals surface area contributed by atoms with E-state index in [-0.39, 0.29) is 7.25 Å². The predicted octanol–water partition coefficient (Wildman–Crippen LogP) is 8.02. The average Bonchev–Trinajstić information content (AvgIpc) is 3.56. The van der Waals surface area contributed by atoms with Crippen LogP contribution in [0, 0.1) is 0 Å². The van der Waals surface area contributed by atoms with Crippen LogP contribution in [0.25, 0.3) is 12.2 Å². The molecule has 0 spiro atoms. The molecule has 0 aromatic heterocycles. The van der Waals surface area contributed by atoms with Crippen LogP contribution < -0.4 is 5.63 Å². The molecule has 0 amide bonds. The van der Waals surface area contributed by atoms with Gasteiger partial charge in [0, 0.05) is 0 Å². The number of para-hydroxylation sites is 2. The Kier molecular flexibility index (Phi) is 5.54. The summed E-state index contributed by atoms with van der Waals surface area (Å²) < 4.78 is 17.3. The van der Waals surface area contributed by atoms with Crippen molar-refractivity contribution in [1.29, 1.82) is 0 Å². The first-order valence-corrected chi connectivity index (χ1v) is 18.5. The van der Waals surface area contributed by atoms with Crippen molar-refractivity contribution in [1.82, 2.24) is 0 Å². The average molecular weight is 536 g/mol. The van der Waals surface area contributed by atoms with Crippen LogP contribution in [0.2, 0.25) is 0 Å². The second kappa shape index (κ2) is 8.74. The van der Waals surface area contributed by atoms with Gasteiger partial charge in [0.15, 0.2) is 0 Å². The first-order valence-electron chi connectivity index (χ1n) is 12.2. The summed E-state index contributed by atoms with van der Waals surface area (Å²) in [5.74, 6) is 1.70. The molecule has 35 heavy (non-hydrogen) atoms. The minimum absolute atomic E-state index is 0.0128. The zero-order chi connectivity index (χ0) is 23.7. The fourth-order valence-corrected chi connectivity index (χ4v) is 20.4. The van der Waals surface area contributed by atoms with Gasteiger partial charge in [-0.3, -0.25) is 0 Å². The molecule has 0 bridgehead atoms. The van der Waals surface area contributed by atoms with E-state index >= 15 is 0 Å². The molecule has 0 fully saturated rings. The molecule has 0 heterocycles. The van der Waals surface area contributed by atoms with E-state index in [1.54, 1.807) is 0 Å². The minimum atomic E-state index is -5.06. The molecule has 2 aliphatic rings. The van der Waals surface area contributed by atoms with Crippen molar-refractivity contribution < 1.29 is 24.8 Å². The standard InChI is InChI=1S/2C9H7.2C6H6O.C2H4.Zr/c2*1-2-5-9-7-3-6-8(9)4-1;2*7-6-4-2-1-3-5-6;1-2;/h2*1-7H;2*1-5,7H;1H,2H3;/q;;;;;+2/p-2. The maximum atomic E-state index is 7.45. The van der Waals surface area contributed by atoms with E-state index in [2.05, 4.69) is 108 Å². The predicted molar refractivity (Wildman–Crippen MR) is 142 cm³/mol. The zero-order valence-corrected chi connectivity index (χ0v) is 22.2. The fourth-order valence-electron chi connectivity index (χ4n) is 5.92. The fraction of sp³-hybridized carbons (Fsp3) is 0.0938. The number of hydrogen-bond donors (Lipinski definition) is 0. The Morgan fingerprint density at radius 2 is 0.943 bits per heavy atom. The third kappa shape index (κ3) is 3.53. The second-order valence-corrected chi connectivity index (χ2v) is 21.2. The van der Waals surface area contributed by atoms with Gasteiger partial charge >= 0.3 is 210 Å².